The number of hydrogen-bond donors (Lipinski definition) is 1. The first-order valence-corrected chi connectivity index (χ1v) is 11.3. The van der Waals surface area contributed by atoms with Crippen molar-refractivity contribution in [3.63, 3.8) is 0 Å². The molecule has 0 spiro atoms. The zero-order valence-electron chi connectivity index (χ0n) is 16.9. The van der Waals surface area contributed by atoms with Crippen LogP contribution in [-0.4, -0.2) is 69.4 Å². The zero-order valence-corrected chi connectivity index (χ0v) is 17.7. The van der Waals surface area contributed by atoms with Crippen molar-refractivity contribution in [2.45, 2.75) is 11.8 Å². The fraction of sp³-hybridized carbons (Fsp3) is 0.381. The molecule has 9 heteroatoms. The van der Waals surface area contributed by atoms with Gasteiger partial charge >= 0.3 is 0 Å². The van der Waals surface area contributed by atoms with Crippen LogP contribution in [0, 0.1) is 5.82 Å². The summed E-state index contributed by atoms with van der Waals surface area (Å²) in [6.07, 6.45) is 0. The van der Waals surface area contributed by atoms with Gasteiger partial charge in [0.05, 0.1) is 11.5 Å². The minimum atomic E-state index is -3.62. The third-order valence-corrected chi connectivity index (χ3v) is 6.84. The van der Waals surface area contributed by atoms with Crippen molar-refractivity contribution in [3.05, 3.63) is 59.9 Å². The Kier molecular flexibility index (Phi) is 7.41. The molecule has 1 N–H and O–H groups in total. The predicted molar refractivity (Wildman–Crippen MR) is 112 cm³/mol. The Morgan fingerprint density at radius 1 is 1.03 bits per heavy atom. The minimum Gasteiger partial charge on any atom is -0.494 e. The molecule has 0 aliphatic carbocycles. The summed E-state index contributed by atoms with van der Waals surface area (Å²) in [5.74, 6) is 0.101. The van der Waals surface area contributed by atoms with E-state index in [1.54, 1.807) is 24.3 Å². The molecule has 1 heterocycles. The summed E-state index contributed by atoms with van der Waals surface area (Å²) in [6, 6.07) is 11.8. The van der Waals surface area contributed by atoms with E-state index in [4.69, 9.17) is 4.74 Å². The number of hydrogen-bond acceptors (Lipinski definition) is 5. The Balaban J connectivity index is 1.43. The fourth-order valence-electron chi connectivity index (χ4n) is 3.25. The Morgan fingerprint density at radius 2 is 1.67 bits per heavy atom. The average molecular weight is 436 g/mol. The molecule has 0 unspecified atom stereocenters. The van der Waals surface area contributed by atoms with Crippen LogP contribution in [0.15, 0.2) is 53.4 Å². The number of nitrogens with zero attached hydrogens (tertiary/aromatic N) is 2. The van der Waals surface area contributed by atoms with E-state index in [1.165, 1.54) is 16.4 Å². The van der Waals surface area contributed by atoms with Gasteiger partial charge in [-0.1, -0.05) is 0 Å². The van der Waals surface area contributed by atoms with Gasteiger partial charge in [0.25, 0.3) is 5.91 Å². The third-order valence-electron chi connectivity index (χ3n) is 4.92. The number of carbonyl (C=O) groups is 1. The van der Waals surface area contributed by atoms with Gasteiger partial charge in [0, 0.05) is 44.8 Å². The molecule has 162 valence electrons. The van der Waals surface area contributed by atoms with Crippen LogP contribution in [-0.2, 0) is 10.0 Å². The van der Waals surface area contributed by atoms with Gasteiger partial charge < -0.3 is 10.1 Å². The van der Waals surface area contributed by atoms with Gasteiger partial charge in [-0.15, -0.1) is 0 Å². The van der Waals surface area contributed by atoms with E-state index in [1.807, 2.05) is 6.92 Å². The lowest BCUT2D eigenvalue weighted by molar-refractivity contribution is 0.0945. The number of piperazine rings is 1. The Hall–Kier alpha value is -2.49. The van der Waals surface area contributed by atoms with Crippen molar-refractivity contribution in [1.29, 1.82) is 0 Å². The molecule has 1 amide bonds. The van der Waals surface area contributed by atoms with Crippen LogP contribution in [0.2, 0.25) is 0 Å². The molecule has 3 rings (SSSR count). The molecule has 30 heavy (non-hydrogen) atoms. The minimum absolute atomic E-state index is 0.0972. The van der Waals surface area contributed by atoms with E-state index in [0.717, 1.165) is 17.9 Å². The number of benzene rings is 2. The van der Waals surface area contributed by atoms with Gasteiger partial charge in [0.1, 0.15) is 11.6 Å². The van der Waals surface area contributed by atoms with E-state index < -0.39 is 15.8 Å². The molecule has 0 saturated carbocycles. The Bertz CT molecular complexity index is 941. The summed E-state index contributed by atoms with van der Waals surface area (Å²) >= 11 is 0. The standard InChI is InChI=1S/C21H26FN3O4S/c1-2-29-19-7-3-17(4-8-19)21(26)23-11-12-24-13-15-25(16-14-24)30(27,28)20-9-5-18(22)6-10-20/h3-10H,2,11-16H2,1H3,(H,23,26). The maximum absolute atomic E-state index is 13.1. The molecular formula is C21H26FN3O4S. The third kappa shape index (κ3) is 5.56. The lowest BCUT2D eigenvalue weighted by Gasteiger charge is -2.33. The van der Waals surface area contributed by atoms with Crippen LogP contribution < -0.4 is 10.1 Å². The van der Waals surface area contributed by atoms with Crippen LogP contribution in [0.3, 0.4) is 0 Å². The predicted octanol–water partition coefficient (Wildman–Crippen LogP) is 1.96. The Morgan fingerprint density at radius 3 is 2.27 bits per heavy atom. The largest absolute Gasteiger partial charge is 0.494 e. The molecule has 1 aliphatic rings. The van der Waals surface area contributed by atoms with Crippen LogP contribution in [0.1, 0.15) is 17.3 Å². The quantitative estimate of drug-likeness (QED) is 0.686. The lowest BCUT2D eigenvalue weighted by Crippen LogP contribution is -2.50. The summed E-state index contributed by atoms with van der Waals surface area (Å²) in [5.41, 5.74) is 0.564. The Labute approximate surface area is 176 Å². The van der Waals surface area contributed by atoms with Gasteiger partial charge in [-0.25, -0.2) is 12.8 Å². The zero-order chi connectivity index (χ0) is 21.6. The van der Waals surface area contributed by atoms with E-state index in [9.17, 15) is 17.6 Å². The van der Waals surface area contributed by atoms with Gasteiger partial charge in [-0.05, 0) is 55.5 Å². The first-order valence-electron chi connectivity index (χ1n) is 9.89. The second-order valence-electron chi connectivity index (χ2n) is 6.91. The van der Waals surface area contributed by atoms with E-state index >= 15 is 0 Å². The molecular weight excluding hydrogens is 409 g/mol. The lowest BCUT2D eigenvalue weighted by atomic mass is 10.2. The molecule has 2 aromatic rings. The summed E-state index contributed by atoms with van der Waals surface area (Å²) in [6.45, 7) is 5.42. The fourth-order valence-corrected chi connectivity index (χ4v) is 4.67. The number of amides is 1. The van der Waals surface area contributed by atoms with E-state index in [-0.39, 0.29) is 10.8 Å². The molecule has 1 saturated heterocycles. The first-order chi connectivity index (χ1) is 14.4. The molecule has 1 fully saturated rings. The van der Waals surface area contributed by atoms with Gasteiger partial charge in [-0.2, -0.15) is 4.31 Å². The number of ether oxygens (including phenoxy) is 1. The summed E-state index contributed by atoms with van der Waals surface area (Å²) < 4.78 is 45.1. The number of carbonyl (C=O) groups excluding carboxylic acids is 1. The van der Waals surface area contributed by atoms with E-state index in [0.29, 0.717) is 51.4 Å². The average Bonchev–Trinajstić information content (AvgIpc) is 2.75. The molecule has 0 bridgehead atoms. The molecule has 2 aromatic carbocycles. The van der Waals surface area contributed by atoms with Crippen molar-refractivity contribution >= 4 is 15.9 Å². The van der Waals surface area contributed by atoms with Crippen LogP contribution in [0.4, 0.5) is 4.39 Å². The highest BCUT2D eigenvalue weighted by Crippen LogP contribution is 2.18. The molecule has 0 atom stereocenters. The highest BCUT2D eigenvalue weighted by molar-refractivity contribution is 7.89. The monoisotopic (exact) mass is 435 g/mol. The van der Waals surface area contributed by atoms with Crippen molar-refractivity contribution in [3.8, 4) is 5.75 Å². The molecule has 0 radical (unpaired) electrons. The van der Waals surface area contributed by atoms with Crippen molar-refractivity contribution in [2.24, 2.45) is 0 Å². The van der Waals surface area contributed by atoms with Crippen LogP contribution in [0.25, 0.3) is 0 Å². The second-order valence-corrected chi connectivity index (χ2v) is 8.85. The normalized spacial score (nSPS) is 15.7. The summed E-state index contributed by atoms with van der Waals surface area (Å²) in [4.78, 5) is 14.4. The molecule has 0 aromatic heterocycles. The topological polar surface area (TPSA) is 79.0 Å². The van der Waals surface area contributed by atoms with E-state index in [2.05, 4.69) is 10.2 Å². The maximum Gasteiger partial charge on any atom is 0.251 e. The van der Waals surface area contributed by atoms with Crippen molar-refractivity contribution in [1.82, 2.24) is 14.5 Å². The highest BCUT2D eigenvalue weighted by Gasteiger charge is 2.28. The maximum atomic E-state index is 13.1. The smallest absolute Gasteiger partial charge is 0.251 e. The SMILES string of the molecule is CCOc1ccc(C(=O)NCCN2CCN(S(=O)(=O)c3ccc(F)cc3)CC2)cc1. The van der Waals surface area contributed by atoms with Crippen molar-refractivity contribution in [2.75, 3.05) is 45.9 Å². The molecule has 1 aliphatic heterocycles. The van der Waals surface area contributed by atoms with Crippen LogP contribution >= 0.6 is 0 Å². The van der Waals surface area contributed by atoms with Crippen LogP contribution in [0.5, 0.6) is 5.75 Å². The second kappa shape index (κ2) is 10.0. The van der Waals surface area contributed by atoms with Gasteiger partial charge in [0.15, 0.2) is 0 Å². The van der Waals surface area contributed by atoms with Gasteiger partial charge in [0.2, 0.25) is 10.0 Å². The number of rotatable bonds is 8. The molecule has 7 nitrogen and oxygen atoms in total. The summed E-state index contributed by atoms with van der Waals surface area (Å²) in [5, 5.41) is 2.88. The number of nitrogens with one attached hydrogen (secondary N) is 1. The number of halogens is 1. The first kappa shape index (κ1) is 22.2. The summed E-state index contributed by atoms with van der Waals surface area (Å²) in [7, 11) is -3.62. The van der Waals surface area contributed by atoms with Crippen molar-refractivity contribution < 1.29 is 22.3 Å². The number of sulfonamides is 1. The highest BCUT2D eigenvalue weighted by atomic mass is 32.2. The van der Waals surface area contributed by atoms with Gasteiger partial charge in [-0.3, -0.25) is 9.69 Å².